The average molecular weight is 448 g/mol. The van der Waals surface area contributed by atoms with Gasteiger partial charge in [0.1, 0.15) is 0 Å². The summed E-state index contributed by atoms with van der Waals surface area (Å²) < 4.78 is 2.22. The molecule has 7 heteroatoms. The Kier molecular flexibility index (Phi) is 6.85. The normalized spacial score (nSPS) is 17.9. The topological polar surface area (TPSA) is 62.2 Å². The van der Waals surface area contributed by atoms with Gasteiger partial charge in [-0.1, -0.05) is 31.2 Å². The molecule has 0 bridgehead atoms. The van der Waals surface area contributed by atoms with E-state index in [0.29, 0.717) is 18.1 Å². The minimum absolute atomic E-state index is 0.0142. The number of carbonyl (C=O) groups is 1. The lowest BCUT2D eigenvalue weighted by atomic mass is 10.0. The molecule has 2 aromatic heterocycles. The Morgan fingerprint density at radius 3 is 2.69 bits per heavy atom. The van der Waals surface area contributed by atoms with Gasteiger partial charge >= 0.3 is 0 Å². The second kappa shape index (κ2) is 9.96. The first kappa shape index (κ1) is 22.0. The number of thiocarbonyl (C=S) groups is 1. The van der Waals surface area contributed by atoms with Crippen molar-refractivity contribution in [2.24, 2.45) is 0 Å². The Hall–Kier alpha value is -3.19. The van der Waals surface area contributed by atoms with Gasteiger partial charge < -0.3 is 20.1 Å². The van der Waals surface area contributed by atoms with Crippen molar-refractivity contribution in [3.05, 3.63) is 83.9 Å². The van der Waals surface area contributed by atoms with Gasteiger partial charge in [-0.15, -0.1) is 0 Å². The highest BCUT2D eigenvalue weighted by Crippen LogP contribution is 2.38. The van der Waals surface area contributed by atoms with Crippen LogP contribution in [0.5, 0.6) is 0 Å². The van der Waals surface area contributed by atoms with Crippen molar-refractivity contribution in [2.75, 3.05) is 11.9 Å². The summed E-state index contributed by atoms with van der Waals surface area (Å²) in [5, 5.41) is 7.17. The van der Waals surface area contributed by atoms with E-state index < -0.39 is 0 Å². The number of aryl methyl sites for hydroxylation is 2. The molecule has 1 amide bonds. The maximum Gasteiger partial charge on any atom is 0.226 e. The fraction of sp³-hybridized carbons (Fsp3) is 0.320. The van der Waals surface area contributed by atoms with Crippen LogP contribution in [0.3, 0.4) is 0 Å². The predicted molar refractivity (Wildman–Crippen MR) is 131 cm³/mol. The molecule has 1 aliphatic heterocycles. The number of rotatable bonds is 8. The summed E-state index contributed by atoms with van der Waals surface area (Å²) in [6, 6.07) is 17.9. The van der Waals surface area contributed by atoms with Gasteiger partial charge in [0.25, 0.3) is 0 Å². The minimum Gasteiger partial charge on any atom is -0.352 e. The van der Waals surface area contributed by atoms with Crippen LogP contribution in [0.4, 0.5) is 5.69 Å². The summed E-state index contributed by atoms with van der Waals surface area (Å²) in [6.45, 7) is 5.60. The van der Waals surface area contributed by atoms with Gasteiger partial charge in [-0.3, -0.25) is 9.78 Å². The number of aromatic nitrogens is 2. The Balaban J connectivity index is 1.54. The van der Waals surface area contributed by atoms with Crippen LogP contribution in [0.1, 0.15) is 49.3 Å². The summed E-state index contributed by atoms with van der Waals surface area (Å²) >= 11 is 5.72. The molecule has 6 nitrogen and oxygen atoms in total. The van der Waals surface area contributed by atoms with Crippen LogP contribution < -0.4 is 10.6 Å². The standard InChI is InChI=1S/C25H29N5OS/c1-3-18-10-5-6-11-19(18)27-22(31)14-17-30-24(21-13-9-16-29(21)4-2)23(28-25(30)32)20-12-7-8-15-26-20/h5-13,15-16,23-24H,3-4,14,17H2,1-2H3,(H,27,31)(H,28,32)/t23-,24+/m0/s1. The van der Waals surface area contributed by atoms with Crippen molar-refractivity contribution in [3.8, 4) is 0 Å². The number of nitrogens with one attached hydrogen (secondary N) is 2. The molecule has 32 heavy (non-hydrogen) atoms. The third kappa shape index (κ3) is 4.53. The smallest absolute Gasteiger partial charge is 0.226 e. The summed E-state index contributed by atoms with van der Waals surface area (Å²) in [5.74, 6) is -0.0142. The Labute approximate surface area is 194 Å². The van der Waals surface area contributed by atoms with Gasteiger partial charge in [0.15, 0.2) is 5.11 Å². The van der Waals surface area contributed by atoms with Crippen molar-refractivity contribution in [1.82, 2.24) is 19.8 Å². The molecule has 3 aromatic rings. The second-order valence-electron chi connectivity index (χ2n) is 7.85. The molecule has 0 radical (unpaired) electrons. The first-order valence-corrected chi connectivity index (χ1v) is 11.5. The second-order valence-corrected chi connectivity index (χ2v) is 8.23. The highest BCUT2D eigenvalue weighted by Gasteiger charge is 2.40. The van der Waals surface area contributed by atoms with E-state index >= 15 is 0 Å². The van der Waals surface area contributed by atoms with Gasteiger partial charge in [0.2, 0.25) is 5.91 Å². The van der Waals surface area contributed by atoms with Crippen LogP contribution in [0.2, 0.25) is 0 Å². The summed E-state index contributed by atoms with van der Waals surface area (Å²) in [5.41, 5.74) is 4.11. The third-order valence-electron chi connectivity index (χ3n) is 5.96. The van der Waals surface area contributed by atoms with E-state index in [9.17, 15) is 4.79 Å². The molecule has 0 aliphatic carbocycles. The molecule has 4 rings (SSSR count). The lowest BCUT2D eigenvalue weighted by Crippen LogP contribution is -2.33. The number of pyridine rings is 1. The zero-order chi connectivity index (χ0) is 22.5. The van der Waals surface area contributed by atoms with E-state index in [4.69, 9.17) is 12.2 Å². The number of benzene rings is 1. The summed E-state index contributed by atoms with van der Waals surface area (Å²) in [7, 11) is 0. The molecular formula is C25H29N5OS. The molecule has 1 aliphatic rings. The molecule has 2 N–H and O–H groups in total. The van der Waals surface area contributed by atoms with E-state index in [2.05, 4.69) is 57.3 Å². The fourth-order valence-corrected chi connectivity index (χ4v) is 4.67. The maximum absolute atomic E-state index is 12.8. The first-order valence-electron chi connectivity index (χ1n) is 11.1. The Morgan fingerprint density at radius 1 is 1.12 bits per heavy atom. The molecule has 1 fully saturated rings. The van der Waals surface area contributed by atoms with Gasteiger partial charge in [-0.25, -0.2) is 0 Å². The summed E-state index contributed by atoms with van der Waals surface area (Å²) in [4.78, 5) is 19.5. The van der Waals surface area contributed by atoms with E-state index in [0.717, 1.165) is 35.6 Å². The fourth-order valence-electron chi connectivity index (χ4n) is 4.34. The molecule has 0 saturated carbocycles. The highest BCUT2D eigenvalue weighted by atomic mass is 32.1. The number of hydrogen-bond acceptors (Lipinski definition) is 3. The van der Waals surface area contributed by atoms with Crippen molar-refractivity contribution in [2.45, 2.75) is 45.3 Å². The number of nitrogens with zero attached hydrogens (tertiary/aromatic N) is 3. The quantitative estimate of drug-likeness (QED) is 0.499. The lowest BCUT2D eigenvalue weighted by Gasteiger charge is -2.28. The molecule has 0 spiro atoms. The van der Waals surface area contributed by atoms with Crippen molar-refractivity contribution in [3.63, 3.8) is 0 Å². The summed E-state index contributed by atoms with van der Waals surface area (Å²) in [6.07, 6.45) is 5.10. The van der Waals surface area contributed by atoms with Gasteiger partial charge in [-0.2, -0.15) is 0 Å². The minimum atomic E-state index is -0.0761. The van der Waals surface area contributed by atoms with Gasteiger partial charge in [0, 0.05) is 43.3 Å². The highest BCUT2D eigenvalue weighted by molar-refractivity contribution is 7.80. The van der Waals surface area contributed by atoms with Crippen LogP contribution in [-0.2, 0) is 17.8 Å². The van der Waals surface area contributed by atoms with Crippen molar-refractivity contribution in [1.29, 1.82) is 0 Å². The van der Waals surface area contributed by atoms with Crippen LogP contribution in [0.15, 0.2) is 67.0 Å². The Morgan fingerprint density at radius 2 is 1.94 bits per heavy atom. The number of para-hydroxylation sites is 1. The van der Waals surface area contributed by atoms with E-state index in [-0.39, 0.29) is 18.0 Å². The zero-order valence-corrected chi connectivity index (χ0v) is 19.3. The van der Waals surface area contributed by atoms with E-state index in [1.54, 1.807) is 6.20 Å². The SMILES string of the molecule is CCc1ccccc1NC(=O)CCN1C(=S)N[C@@H](c2ccccn2)[C@H]1c1cccn1CC. The van der Waals surface area contributed by atoms with Gasteiger partial charge in [-0.05, 0) is 61.5 Å². The molecule has 2 atom stereocenters. The van der Waals surface area contributed by atoms with E-state index in [1.807, 2.05) is 42.5 Å². The number of amides is 1. The van der Waals surface area contributed by atoms with Gasteiger partial charge in [0.05, 0.1) is 17.8 Å². The first-order chi connectivity index (χ1) is 15.6. The number of hydrogen-bond donors (Lipinski definition) is 2. The maximum atomic E-state index is 12.8. The van der Waals surface area contributed by atoms with Crippen LogP contribution >= 0.6 is 12.2 Å². The third-order valence-corrected chi connectivity index (χ3v) is 6.31. The zero-order valence-electron chi connectivity index (χ0n) is 18.5. The van der Waals surface area contributed by atoms with E-state index in [1.165, 1.54) is 0 Å². The number of anilines is 1. The van der Waals surface area contributed by atoms with Crippen molar-refractivity contribution >= 4 is 28.9 Å². The lowest BCUT2D eigenvalue weighted by molar-refractivity contribution is -0.116. The van der Waals surface area contributed by atoms with Crippen LogP contribution in [0, 0.1) is 0 Å². The molecular weight excluding hydrogens is 418 g/mol. The van der Waals surface area contributed by atoms with Crippen LogP contribution in [0.25, 0.3) is 0 Å². The molecule has 1 saturated heterocycles. The molecule has 0 unspecified atom stereocenters. The Bertz CT molecular complexity index is 1080. The molecule has 166 valence electrons. The number of carbonyl (C=O) groups excluding carboxylic acids is 1. The largest absolute Gasteiger partial charge is 0.352 e. The molecule has 3 heterocycles. The van der Waals surface area contributed by atoms with Crippen molar-refractivity contribution < 1.29 is 4.79 Å². The monoisotopic (exact) mass is 447 g/mol. The predicted octanol–water partition coefficient (Wildman–Crippen LogP) is 4.47. The molecule has 1 aromatic carbocycles. The average Bonchev–Trinajstić information content (AvgIpc) is 3.42. The van der Waals surface area contributed by atoms with Crippen LogP contribution in [-0.4, -0.2) is 32.0 Å².